The topological polar surface area (TPSA) is 25.8 Å². The van der Waals surface area contributed by atoms with E-state index in [1.807, 2.05) is 22.7 Å². The Morgan fingerprint density at radius 3 is 1.16 bits per heavy atom. The van der Waals surface area contributed by atoms with Crippen LogP contribution in [0.15, 0.2) is 218 Å². The predicted molar refractivity (Wildman–Crippen MR) is 266 cm³/mol. The van der Waals surface area contributed by atoms with Crippen LogP contribution in [-0.4, -0.2) is 9.97 Å². The van der Waals surface area contributed by atoms with Gasteiger partial charge in [-0.25, -0.2) is 9.97 Å². The number of benzene rings is 9. The Morgan fingerprint density at radius 1 is 0.258 bits per heavy atom. The van der Waals surface area contributed by atoms with Crippen molar-refractivity contribution >= 4 is 63.0 Å². The molecular weight excluding hydrogens is 789 g/mol. The Bertz CT molecular complexity index is 3370. The molecular formula is C58H36N2S2. The van der Waals surface area contributed by atoms with Gasteiger partial charge in [0.15, 0.2) is 5.82 Å². The maximum Gasteiger partial charge on any atom is 0.160 e. The third kappa shape index (κ3) is 6.49. The molecule has 62 heavy (non-hydrogen) atoms. The molecule has 9 aromatic carbocycles. The lowest BCUT2D eigenvalue weighted by molar-refractivity contribution is 1.18. The first kappa shape index (κ1) is 36.4. The molecule has 0 radical (unpaired) electrons. The first-order valence-electron chi connectivity index (χ1n) is 20.9. The summed E-state index contributed by atoms with van der Waals surface area (Å²) in [7, 11) is 0. The Balaban J connectivity index is 1.08. The van der Waals surface area contributed by atoms with Crippen molar-refractivity contribution in [3.8, 4) is 78.4 Å². The summed E-state index contributed by atoms with van der Waals surface area (Å²) in [6, 6.07) is 78.6. The second-order valence-corrected chi connectivity index (χ2v) is 17.8. The highest BCUT2D eigenvalue weighted by molar-refractivity contribution is 7.26. The van der Waals surface area contributed by atoms with Crippen molar-refractivity contribution in [2.75, 3.05) is 0 Å². The van der Waals surface area contributed by atoms with E-state index in [4.69, 9.17) is 9.97 Å². The van der Waals surface area contributed by atoms with Crippen LogP contribution in [0.2, 0.25) is 0 Å². The van der Waals surface area contributed by atoms with Crippen molar-refractivity contribution in [3.63, 3.8) is 0 Å². The van der Waals surface area contributed by atoms with Crippen LogP contribution in [0.4, 0.5) is 0 Å². The van der Waals surface area contributed by atoms with Gasteiger partial charge in [0.05, 0.1) is 11.4 Å². The largest absolute Gasteiger partial charge is 0.228 e. The minimum atomic E-state index is 0.689. The normalized spacial score (nSPS) is 11.5. The van der Waals surface area contributed by atoms with E-state index in [9.17, 15) is 0 Å². The standard InChI is InChI=1S/C58H36N2S2/c1-3-13-37(14-4-1)39-25-29-41(30-26-39)52-36-53(60-58(59-52)42-31-27-40(28-32-42)38-15-5-2-6-16-38)45-34-43(46-19-11-21-50-48-17-7-9-23-54(48)61-56(46)50)33-44(35-45)47-20-12-22-51-49-18-8-10-24-55(49)62-57(47)51/h1-36H. The number of fused-ring (bicyclic) bond motifs is 6. The van der Waals surface area contributed by atoms with Gasteiger partial charge in [0.2, 0.25) is 0 Å². The van der Waals surface area contributed by atoms with E-state index in [1.54, 1.807) is 0 Å². The van der Waals surface area contributed by atoms with E-state index in [-0.39, 0.29) is 0 Å². The van der Waals surface area contributed by atoms with Crippen molar-refractivity contribution in [3.05, 3.63) is 218 Å². The minimum absolute atomic E-state index is 0.689. The van der Waals surface area contributed by atoms with Crippen LogP contribution in [0, 0.1) is 0 Å². The van der Waals surface area contributed by atoms with E-state index in [1.165, 1.54) is 68.2 Å². The molecule has 0 amide bonds. The van der Waals surface area contributed by atoms with Crippen molar-refractivity contribution in [1.29, 1.82) is 0 Å². The van der Waals surface area contributed by atoms with Gasteiger partial charge in [0, 0.05) is 57.0 Å². The number of aromatic nitrogens is 2. The maximum absolute atomic E-state index is 5.42. The lowest BCUT2D eigenvalue weighted by Gasteiger charge is -2.14. The second-order valence-electron chi connectivity index (χ2n) is 15.7. The third-order valence-electron chi connectivity index (χ3n) is 11.9. The molecule has 0 aliphatic heterocycles. The summed E-state index contributed by atoms with van der Waals surface area (Å²) >= 11 is 3.73. The quantitative estimate of drug-likeness (QED) is 0.160. The van der Waals surface area contributed by atoms with Crippen molar-refractivity contribution < 1.29 is 0 Å². The fourth-order valence-electron chi connectivity index (χ4n) is 8.81. The lowest BCUT2D eigenvalue weighted by atomic mass is 9.93. The van der Waals surface area contributed by atoms with E-state index in [0.717, 1.165) is 44.8 Å². The monoisotopic (exact) mass is 824 g/mol. The number of thiophene rings is 2. The molecule has 0 fully saturated rings. The summed E-state index contributed by atoms with van der Waals surface area (Å²) in [4.78, 5) is 10.7. The zero-order valence-corrected chi connectivity index (χ0v) is 35.1. The van der Waals surface area contributed by atoms with Crippen molar-refractivity contribution in [2.45, 2.75) is 0 Å². The molecule has 0 spiro atoms. The van der Waals surface area contributed by atoms with Gasteiger partial charge in [-0.05, 0) is 80.9 Å². The molecule has 4 heteroatoms. The molecule has 12 aromatic rings. The van der Waals surface area contributed by atoms with E-state index in [0.29, 0.717) is 5.82 Å². The van der Waals surface area contributed by atoms with Crippen LogP contribution in [0.1, 0.15) is 0 Å². The van der Waals surface area contributed by atoms with Crippen molar-refractivity contribution in [2.24, 2.45) is 0 Å². The molecule has 0 N–H and O–H groups in total. The summed E-state index contributed by atoms with van der Waals surface area (Å²) in [5.41, 5.74) is 14.3. The molecule has 12 rings (SSSR count). The highest BCUT2D eigenvalue weighted by atomic mass is 32.1. The number of nitrogens with zero attached hydrogens (tertiary/aromatic N) is 2. The average Bonchev–Trinajstić information content (AvgIpc) is 3.93. The van der Waals surface area contributed by atoms with Gasteiger partial charge in [-0.1, -0.05) is 182 Å². The summed E-state index contributed by atoms with van der Waals surface area (Å²) in [5.74, 6) is 0.689. The molecule has 0 saturated carbocycles. The molecule has 0 saturated heterocycles. The van der Waals surface area contributed by atoms with Crippen LogP contribution in [0.25, 0.3) is 119 Å². The Labute approximate surface area is 367 Å². The van der Waals surface area contributed by atoms with E-state index in [2.05, 4.69) is 218 Å². The lowest BCUT2D eigenvalue weighted by Crippen LogP contribution is -1.97. The number of hydrogen-bond acceptors (Lipinski definition) is 4. The SMILES string of the molecule is c1ccc(-c2ccc(-c3cc(-c4cc(-c5cccc6c5sc5ccccc56)cc(-c5cccc6c5sc5ccccc56)c4)nc(-c4ccc(-c5ccccc5)cc4)n3)cc2)cc1. The summed E-state index contributed by atoms with van der Waals surface area (Å²) in [6.45, 7) is 0. The molecule has 0 aliphatic carbocycles. The smallest absolute Gasteiger partial charge is 0.160 e. The van der Waals surface area contributed by atoms with Crippen molar-refractivity contribution in [1.82, 2.24) is 9.97 Å². The Morgan fingerprint density at radius 2 is 0.645 bits per heavy atom. The van der Waals surface area contributed by atoms with Gasteiger partial charge >= 0.3 is 0 Å². The zero-order chi connectivity index (χ0) is 41.0. The molecule has 3 heterocycles. The van der Waals surface area contributed by atoms with Gasteiger partial charge in [-0.15, -0.1) is 22.7 Å². The van der Waals surface area contributed by atoms with E-state index >= 15 is 0 Å². The Hall–Kier alpha value is -7.50. The first-order valence-corrected chi connectivity index (χ1v) is 22.5. The molecule has 0 aliphatic rings. The third-order valence-corrected chi connectivity index (χ3v) is 14.4. The minimum Gasteiger partial charge on any atom is -0.228 e. The predicted octanol–water partition coefficient (Wildman–Crippen LogP) is 16.9. The average molecular weight is 825 g/mol. The molecule has 290 valence electrons. The van der Waals surface area contributed by atoms with E-state index < -0.39 is 0 Å². The first-order chi connectivity index (χ1) is 30.7. The fourth-order valence-corrected chi connectivity index (χ4v) is 11.3. The zero-order valence-electron chi connectivity index (χ0n) is 33.5. The van der Waals surface area contributed by atoms with Crippen LogP contribution < -0.4 is 0 Å². The highest BCUT2D eigenvalue weighted by Gasteiger charge is 2.18. The van der Waals surface area contributed by atoms with Crippen LogP contribution in [0.3, 0.4) is 0 Å². The van der Waals surface area contributed by atoms with Crippen LogP contribution in [0.5, 0.6) is 0 Å². The van der Waals surface area contributed by atoms with Crippen LogP contribution >= 0.6 is 22.7 Å². The van der Waals surface area contributed by atoms with Gasteiger partial charge in [0.1, 0.15) is 0 Å². The Kier molecular flexibility index (Phi) is 8.91. The van der Waals surface area contributed by atoms with Gasteiger partial charge in [0.25, 0.3) is 0 Å². The van der Waals surface area contributed by atoms with Crippen LogP contribution in [-0.2, 0) is 0 Å². The second kappa shape index (κ2) is 15.2. The van der Waals surface area contributed by atoms with Gasteiger partial charge in [-0.2, -0.15) is 0 Å². The summed E-state index contributed by atoms with van der Waals surface area (Å²) < 4.78 is 5.17. The molecule has 0 bridgehead atoms. The molecule has 0 atom stereocenters. The maximum atomic E-state index is 5.42. The number of rotatable bonds is 7. The van der Waals surface area contributed by atoms with Gasteiger partial charge < -0.3 is 0 Å². The molecule has 0 unspecified atom stereocenters. The highest BCUT2D eigenvalue weighted by Crippen LogP contribution is 2.45. The summed E-state index contributed by atoms with van der Waals surface area (Å²) in [5, 5.41) is 5.15. The molecule has 2 nitrogen and oxygen atoms in total. The molecule has 3 aromatic heterocycles. The summed E-state index contributed by atoms with van der Waals surface area (Å²) in [6.07, 6.45) is 0. The number of hydrogen-bond donors (Lipinski definition) is 0. The van der Waals surface area contributed by atoms with Gasteiger partial charge in [-0.3, -0.25) is 0 Å². The fraction of sp³-hybridized carbons (Fsp3) is 0.